The lowest BCUT2D eigenvalue weighted by Crippen LogP contribution is -2.45. The second-order valence-electron chi connectivity index (χ2n) is 6.30. The molecule has 0 radical (unpaired) electrons. The largest absolute Gasteiger partial charge is 0.462 e. The maximum Gasteiger partial charge on any atom is 0.338 e. The second-order valence-corrected chi connectivity index (χ2v) is 8.16. The van der Waals surface area contributed by atoms with Gasteiger partial charge in [-0.25, -0.2) is 13.2 Å². The first-order valence-corrected chi connectivity index (χ1v) is 10.7. The predicted molar refractivity (Wildman–Crippen MR) is 111 cm³/mol. The minimum atomic E-state index is -3.95. The molecule has 160 valence electrons. The van der Waals surface area contributed by atoms with E-state index in [9.17, 15) is 28.1 Å². The van der Waals surface area contributed by atoms with Gasteiger partial charge in [-0.05, 0) is 38.1 Å². The molecule has 1 amide bonds. The fraction of sp³-hybridized carbons (Fsp3) is 0.263. The molecule has 2 aromatic carbocycles. The number of nitro benzene ring substituents is 1. The molecule has 1 atom stereocenters. The molecule has 1 N–H and O–H groups in total. The number of carbonyl (C=O) groups excluding carboxylic acids is 2. The van der Waals surface area contributed by atoms with Crippen LogP contribution in [0.2, 0.25) is 0 Å². The minimum Gasteiger partial charge on any atom is -0.462 e. The lowest BCUT2D eigenvalue weighted by Gasteiger charge is -2.28. The molecular formula is C19H21N3O7S. The third kappa shape index (κ3) is 5.54. The summed E-state index contributed by atoms with van der Waals surface area (Å²) in [6, 6.07) is 9.75. The van der Waals surface area contributed by atoms with E-state index in [0.29, 0.717) is 0 Å². The molecule has 0 heterocycles. The smallest absolute Gasteiger partial charge is 0.338 e. The van der Waals surface area contributed by atoms with Crippen LogP contribution >= 0.6 is 0 Å². The molecule has 0 saturated carbocycles. The maximum absolute atomic E-state index is 12.7. The normalized spacial score (nSPS) is 12.0. The number of ether oxygens (including phenoxy) is 1. The molecule has 0 aliphatic rings. The Kier molecular flexibility index (Phi) is 7.11. The topological polar surface area (TPSA) is 136 Å². The third-order valence-electron chi connectivity index (χ3n) is 4.02. The van der Waals surface area contributed by atoms with Crippen LogP contribution in [0.15, 0.2) is 48.5 Å². The molecule has 11 heteroatoms. The highest BCUT2D eigenvalue weighted by atomic mass is 32.2. The van der Waals surface area contributed by atoms with E-state index in [1.165, 1.54) is 43.3 Å². The van der Waals surface area contributed by atoms with E-state index in [2.05, 4.69) is 5.32 Å². The fourth-order valence-electron chi connectivity index (χ4n) is 2.74. The molecule has 0 fully saturated rings. The van der Waals surface area contributed by atoms with Crippen LogP contribution < -0.4 is 9.62 Å². The minimum absolute atomic E-state index is 0.0189. The van der Waals surface area contributed by atoms with Crippen molar-refractivity contribution in [1.82, 2.24) is 0 Å². The number of anilines is 2. The first-order chi connectivity index (χ1) is 14.0. The summed E-state index contributed by atoms with van der Waals surface area (Å²) >= 11 is 0. The average molecular weight is 435 g/mol. The number of nitrogens with zero attached hydrogens (tertiary/aromatic N) is 2. The van der Waals surface area contributed by atoms with E-state index in [1.807, 2.05) is 0 Å². The molecule has 2 rings (SSSR count). The number of nitro groups is 1. The number of hydrogen-bond donors (Lipinski definition) is 1. The van der Waals surface area contributed by atoms with Crippen LogP contribution in [0.25, 0.3) is 0 Å². The Morgan fingerprint density at radius 3 is 2.47 bits per heavy atom. The lowest BCUT2D eigenvalue weighted by atomic mass is 10.2. The van der Waals surface area contributed by atoms with Gasteiger partial charge >= 0.3 is 5.97 Å². The summed E-state index contributed by atoms with van der Waals surface area (Å²) < 4.78 is 30.4. The SMILES string of the molecule is CCOC(=O)c1cccc(NC(=O)C(C)N(c2cccc([N+](=O)[O-])c2)S(C)(=O)=O)c1. The number of carbonyl (C=O) groups is 2. The quantitative estimate of drug-likeness (QED) is 0.382. The zero-order chi connectivity index (χ0) is 22.5. The highest BCUT2D eigenvalue weighted by Crippen LogP contribution is 2.26. The van der Waals surface area contributed by atoms with Crippen molar-refractivity contribution < 1.29 is 27.7 Å². The van der Waals surface area contributed by atoms with Crippen LogP contribution in [0.3, 0.4) is 0 Å². The van der Waals surface area contributed by atoms with E-state index in [1.54, 1.807) is 13.0 Å². The number of esters is 1. The van der Waals surface area contributed by atoms with Crippen molar-refractivity contribution in [3.05, 3.63) is 64.2 Å². The Balaban J connectivity index is 2.31. The van der Waals surface area contributed by atoms with Gasteiger partial charge in [-0.15, -0.1) is 0 Å². The third-order valence-corrected chi connectivity index (χ3v) is 5.27. The molecule has 0 bridgehead atoms. The highest BCUT2D eigenvalue weighted by Gasteiger charge is 2.30. The number of nitrogens with one attached hydrogen (secondary N) is 1. The number of benzene rings is 2. The summed E-state index contributed by atoms with van der Waals surface area (Å²) in [5.74, 6) is -1.25. The van der Waals surface area contributed by atoms with E-state index in [-0.39, 0.29) is 29.2 Å². The summed E-state index contributed by atoms with van der Waals surface area (Å²) in [6.45, 7) is 3.21. The maximum atomic E-state index is 12.7. The van der Waals surface area contributed by atoms with E-state index in [0.717, 1.165) is 16.6 Å². The molecular weight excluding hydrogens is 414 g/mol. The number of rotatable bonds is 8. The van der Waals surface area contributed by atoms with Gasteiger partial charge in [0.25, 0.3) is 5.69 Å². The van der Waals surface area contributed by atoms with Gasteiger partial charge in [0, 0.05) is 17.8 Å². The first-order valence-electron chi connectivity index (χ1n) is 8.86. The fourth-order valence-corrected chi connectivity index (χ4v) is 3.90. The van der Waals surface area contributed by atoms with Crippen molar-refractivity contribution in [3.63, 3.8) is 0 Å². The molecule has 10 nitrogen and oxygen atoms in total. The Morgan fingerprint density at radius 2 is 1.87 bits per heavy atom. The summed E-state index contributed by atoms with van der Waals surface area (Å²) in [5.41, 5.74) is 0.163. The van der Waals surface area contributed by atoms with E-state index < -0.39 is 32.9 Å². The van der Waals surface area contributed by atoms with Gasteiger partial charge in [-0.1, -0.05) is 12.1 Å². The molecule has 0 aliphatic heterocycles. The Morgan fingerprint density at radius 1 is 1.20 bits per heavy atom. The number of hydrogen-bond acceptors (Lipinski definition) is 7. The lowest BCUT2D eigenvalue weighted by molar-refractivity contribution is -0.384. The molecule has 0 aliphatic carbocycles. The monoisotopic (exact) mass is 435 g/mol. The molecule has 0 spiro atoms. The molecule has 2 aromatic rings. The Labute approximate surface area is 173 Å². The van der Waals surface area contributed by atoms with Crippen molar-refractivity contribution in [1.29, 1.82) is 0 Å². The molecule has 0 aromatic heterocycles. The van der Waals surface area contributed by atoms with E-state index >= 15 is 0 Å². The van der Waals surface area contributed by atoms with Gasteiger partial charge in [0.15, 0.2) is 0 Å². The van der Waals surface area contributed by atoms with Crippen LogP contribution in [0.1, 0.15) is 24.2 Å². The predicted octanol–water partition coefficient (Wildman–Crippen LogP) is 2.56. The van der Waals surface area contributed by atoms with Crippen molar-refractivity contribution >= 4 is 39.0 Å². The summed E-state index contributed by atoms with van der Waals surface area (Å²) in [6.07, 6.45) is 0.900. The Hall–Kier alpha value is -3.47. The van der Waals surface area contributed by atoms with Crippen LogP contribution in [0.4, 0.5) is 17.1 Å². The van der Waals surface area contributed by atoms with Gasteiger partial charge in [0.1, 0.15) is 6.04 Å². The van der Waals surface area contributed by atoms with Crippen molar-refractivity contribution in [2.45, 2.75) is 19.9 Å². The van der Waals surface area contributed by atoms with Gasteiger partial charge in [-0.2, -0.15) is 0 Å². The van der Waals surface area contributed by atoms with Crippen molar-refractivity contribution in [2.24, 2.45) is 0 Å². The molecule has 30 heavy (non-hydrogen) atoms. The van der Waals surface area contributed by atoms with Crippen LogP contribution in [-0.4, -0.2) is 44.1 Å². The van der Waals surface area contributed by atoms with Gasteiger partial charge in [0.05, 0.1) is 29.0 Å². The van der Waals surface area contributed by atoms with Gasteiger partial charge in [-0.3, -0.25) is 19.2 Å². The molecule has 1 unspecified atom stereocenters. The van der Waals surface area contributed by atoms with Crippen LogP contribution in [0.5, 0.6) is 0 Å². The van der Waals surface area contributed by atoms with Crippen LogP contribution in [-0.2, 0) is 19.6 Å². The standard InChI is InChI=1S/C19H21N3O7S/c1-4-29-19(24)14-7-5-8-15(11-14)20-18(23)13(2)21(30(3,27)28)16-9-6-10-17(12-16)22(25)26/h5-13H,4H2,1-3H3,(H,20,23). The number of non-ortho nitro benzene ring substituents is 1. The average Bonchev–Trinajstić information content (AvgIpc) is 2.67. The van der Waals surface area contributed by atoms with Gasteiger partial charge < -0.3 is 10.1 Å². The van der Waals surface area contributed by atoms with Crippen molar-refractivity contribution in [3.8, 4) is 0 Å². The second kappa shape index (κ2) is 9.35. The van der Waals surface area contributed by atoms with Crippen molar-refractivity contribution in [2.75, 3.05) is 22.5 Å². The highest BCUT2D eigenvalue weighted by molar-refractivity contribution is 7.92. The van der Waals surface area contributed by atoms with Gasteiger partial charge in [0.2, 0.25) is 15.9 Å². The summed E-state index contributed by atoms with van der Waals surface area (Å²) in [7, 11) is -3.95. The molecule has 0 saturated heterocycles. The number of sulfonamides is 1. The number of amides is 1. The summed E-state index contributed by atoms with van der Waals surface area (Å²) in [4.78, 5) is 35.0. The Bertz CT molecular complexity index is 1070. The summed E-state index contributed by atoms with van der Waals surface area (Å²) in [5, 5.41) is 13.6. The zero-order valence-corrected chi connectivity index (χ0v) is 17.4. The van der Waals surface area contributed by atoms with Crippen LogP contribution in [0, 0.1) is 10.1 Å². The van der Waals surface area contributed by atoms with E-state index in [4.69, 9.17) is 4.74 Å². The first kappa shape index (κ1) is 22.8. The zero-order valence-electron chi connectivity index (χ0n) is 16.6.